The van der Waals surface area contributed by atoms with Crippen molar-refractivity contribution in [1.29, 1.82) is 0 Å². The van der Waals surface area contributed by atoms with Crippen LogP contribution in [0.25, 0.3) is 16.8 Å². The van der Waals surface area contributed by atoms with Gasteiger partial charge < -0.3 is 4.74 Å². The van der Waals surface area contributed by atoms with Crippen LogP contribution in [-0.4, -0.2) is 17.1 Å². The normalized spacial score (nSPS) is 15.9. The Bertz CT molecular complexity index is 1620. The molecule has 0 bridgehead atoms. The van der Waals surface area contributed by atoms with Crippen molar-refractivity contribution >= 4 is 34.2 Å². The Morgan fingerprint density at radius 2 is 1.79 bits per heavy atom. The van der Waals surface area contributed by atoms with Crippen molar-refractivity contribution in [3.8, 4) is 0 Å². The zero-order chi connectivity index (χ0) is 23.8. The molecule has 3 aromatic carbocycles. The van der Waals surface area contributed by atoms with E-state index in [1.807, 2.05) is 61.5 Å². The van der Waals surface area contributed by atoms with E-state index in [2.05, 4.69) is 23.2 Å². The molecule has 0 saturated carbocycles. The molecule has 1 aliphatic heterocycles. The first kappa shape index (κ1) is 22.0. The second-order valence-electron chi connectivity index (χ2n) is 8.28. The summed E-state index contributed by atoms with van der Waals surface area (Å²) in [6.45, 7) is 5.83. The summed E-state index contributed by atoms with van der Waals surface area (Å²) in [6, 6.07) is 21.5. The number of carbonyl (C=O) groups excluding carboxylic acids is 1. The van der Waals surface area contributed by atoms with Crippen molar-refractivity contribution in [2.75, 3.05) is 6.61 Å². The number of fused-ring (bicyclic) bond motifs is 2. The first-order chi connectivity index (χ1) is 16.5. The third-order valence-corrected chi connectivity index (χ3v) is 7.00. The Kier molecular flexibility index (Phi) is 5.75. The number of aromatic nitrogens is 1. The van der Waals surface area contributed by atoms with Gasteiger partial charge in [-0.2, -0.15) is 0 Å². The first-order valence-corrected chi connectivity index (χ1v) is 12.0. The van der Waals surface area contributed by atoms with Crippen molar-refractivity contribution < 1.29 is 9.53 Å². The summed E-state index contributed by atoms with van der Waals surface area (Å²) in [5.74, 6) is -0.447. The fourth-order valence-electron chi connectivity index (χ4n) is 4.37. The molecule has 1 aromatic heterocycles. The van der Waals surface area contributed by atoms with E-state index in [4.69, 9.17) is 4.74 Å². The summed E-state index contributed by atoms with van der Waals surface area (Å²) in [6.07, 6.45) is 1.92. The fourth-order valence-corrected chi connectivity index (χ4v) is 5.41. The quantitative estimate of drug-likeness (QED) is 0.421. The number of allylic oxidation sites excluding steroid dienone is 1. The maximum Gasteiger partial charge on any atom is 0.338 e. The number of hydrogen-bond acceptors (Lipinski definition) is 5. The smallest absolute Gasteiger partial charge is 0.338 e. The molecule has 34 heavy (non-hydrogen) atoms. The molecule has 1 aliphatic rings. The molecule has 0 amide bonds. The molecule has 0 fully saturated rings. The number of carbonyl (C=O) groups is 1. The molecule has 1 atom stereocenters. The lowest BCUT2D eigenvalue weighted by atomic mass is 9.95. The number of esters is 1. The predicted molar refractivity (Wildman–Crippen MR) is 136 cm³/mol. The lowest BCUT2D eigenvalue weighted by Crippen LogP contribution is -2.39. The highest BCUT2D eigenvalue weighted by molar-refractivity contribution is 7.07. The van der Waals surface area contributed by atoms with Crippen LogP contribution in [0.3, 0.4) is 0 Å². The SMILES string of the molecule is CCOC(=O)C1=C(C)N=c2sc(=Cc3cccc4ccccc34)c(=O)n2[C@H]1c1ccc(C)cc1. The highest BCUT2D eigenvalue weighted by Crippen LogP contribution is 2.31. The van der Waals surface area contributed by atoms with Gasteiger partial charge in [0.1, 0.15) is 0 Å². The first-order valence-electron chi connectivity index (χ1n) is 11.2. The Morgan fingerprint density at radius 1 is 1.06 bits per heavy atom. The topological polar surface area (TPSA) is 60.7 Å². The van der Waals surface area contributed by atoms with Gasteiger partial charge in [-0.3, -0.25) is 9.36 Å². The number of nitrogens with zero attached hydrogens (tertiary/aromatic N) is 2. The summed E-state index contributed by atoms with van der Waals surface area (Å²) in [5, 5.41) is 2.19. The Morgan fingerprint density at radius 3 is 2.56 bits per heavy atom. The lowest BCUT2D eigenvalue weighted by Gasteiger charge is -2.24. The average molecular weight is 469 g/mol. The van der Waals surface area contributed by atoms with Gasteiger partial charge in [-0.25, -0.2) is 9.79 Å². The summed E-state index contributed by atoms with van der Waals surface area (Å²) in [4.78, 5) is 31.9. The van der Waals surface area contributed by atoms with Crippen LogP contribution >= 0.6 is 11.3 Å². The zero-order valence-corrected chi connectivity index (χ0v) is 20.1. The van der Waals surface area contributed by atoms with E-state index in [1.54, 1.807) is 18.4 Å². The molecule has 6 heteroatoms. The van der Waals surface area contributed by atoms with Crippen molar-refractivity contribution in [2.24, 2.45) is 4.99 Å². The molecule has 5 nitrogen and oxygen atoms in total. The van der Waals surface area contributed by atoms with Gasteiger partial charge in [-0.05, 0) is 48.7 Å². The van der Waals surface area contributed by atoms with E-state index >= 15 is 0 Å². The van der Waals surface area contributed by atoms with Crippen molar-refractivity contribution in [3.05, 3.63) is 114 Å². The highest BCUT2D eigenvalue weighted by Gasteiger charge is 2.33. The molecule has 4 aromatic rings. The van der Waals surface area contributed by atoms with Crippen LogP contribution < -0.4 is 14.9 Å². The summed E-state index contributed by atoms with van der Waals surface area (Å²) < 4.78 is 7.56. The van der Waals surface area contributed by atoms with E-state index in [9.17, 15) is 9.59 Å². The summed E-state index contributed by atoms with van der Waals surface area (Å²) >= 11 is 1.34. The third-order valence-electron chi connectivity index (χ3n) is 6.02. The van der Waals surface area contributed by atoms with Gasteiger partial charge in [0.05, 0.1) is 28.5 Å². The van der Waals surface area contributed by atoms with E-state index in [1.165, 1.54) is 11.3 Å². The maximum atomic E-state index is 13.7. The van der Waals surface area contributed by atoms with Gasteiger partial charge >= 0.3 is 5.97 Å². The average Bonchev–Trinajstić information content (AvgIpc) is 3.13. The minimum Gasteiger partial charge on any atom is -0.463 e. The monoisotopic (exact) mass is 468 g/mol. The minimum atomic E-state index is -0.592. The van der Waals surface area contributed by atoms with Crippen molar-refractivity contribution in [1.82, 2.24) is 4.57 Å². The van der Waals surface area contributed by atoms with Crippen LogP contribution in [0.15, 0.2) is 87.8 Å². The zero-order valence-electron chi connectivity index (χ0n) is 19.2. The summed E-state index contributed by atoms with van der Waals surface area (Å²) in [7, 11) is 0. The van der Waals surface area contributed by atoms with Crippen LogP contribution in [0.4, 0.5) is 0 Å². The number of thiazole rings is 1. The molecule has 5 rings (SSSR count). The van der Waals surface area contributed by atoms with Gasteiger partial charge in [0.25, 0.3) is 5.56 Å². The highest BCUT2D eigenvalue weighted by atomic mass is 32.1. The number of aryl methyl sites for hydroxylation is 1. The van der Waals surface area contributed by atoms with Gasteiger partial charge in [-0.15, -0.1) is 0 Å². The Balaban J connectivity index is 1.75. The second-order valence-corrected chi connectivity index (χ2v) is 9.29. The molecular weight excluding hydrogens is 444 g/mol. The van der Waals surface area contributed by atoms with Crippen molar-refractivity contribution in [3.63, 3.8) is 0 Å². The molecule has 0 N–H and O–H groups in total. The molecule has 0 aliphatic carbocycles. The van der Waals surface area contributed by atoms with Crippen LogP contribution in [-0.2, 0) is 9.53 Å². The lowest BCUT2D eigenvalue weighted by molar-refractivity contribution is -0.139. The van der Waals surface area contributed by atoms with E-state index < -0.39 is 12.0 Å². The molecule has 0 radical (unpaired) electrons. The Labute approximate surface area is 201 Å². The fraction of sp³-hybridized carbons (Fsp3) is 0.179. The summed E-state index contributed by atoms with van der Waals surface area (Å²) in [5.41, 5.74) is 3.72. The van der Waals surface area contributed by atoms with Gasteiger partial charge in [0.15, 0.2) is 4.80 Å². The van der Waals surface area contributed by atoms with Crippen LogP contribution in [0, 0.1) is 6.92 Å². The third kappa shape index (κ3) is 3.80. The van der Waals surface area contributed by atoms with Crippen molar-refractivity contribution in [2.45, 2.75) is 26.8 Å². The number of ether oxygens (including phenoxy) is 1. The van der Waals surface area contributed by atoms with Gasteiger partial charge in [0, 0.05) is 0 Å². The second kappa shape index (κ2) is 8.88. The molecule has 170 valence electrons. The molecule has 0 saturated heterocycles. The van der Waals surface area contributed by atoms with E-state index in [-0.39, 0.29) is 12.2 Å². The Hall–Kier alpha value is -3.77. The van der Waals surface area contributed by atoms with Crippen LogP contribution in [0.1, 0.15) is 36.6 Å². The maximum absolute atomic E-state index is 13.7. The van der Waals surface area contributed by atoms with Gasteiger partial charge in [-0.1, -0.05) is 83.6 Å². The van der Waals surface area contributed by atoms with E-state index in [0.717, 1.165) is 27.5 Å². The number of rotatable bonds is 4. The molecular formula is C28H24N2O3S. The van der Waals surface area contributed by atoms with Crippen LogP contribution in [0.2, 0.25) is 0 Å². The minimum absolute atomic E-state index is 0.170. The number of benzene rings is 3. The predicted octanol–water partition coefficient (Wildman–Crippen LogP) is 4.26. The molecule has 0 spiro atoms. The van der Waals surface area contributed by atoms with Crippen LogP contribution in [0.5, 0.6) is 0 Å². The standard InChI is InChI=1S/C28H24N2O3S/c1-4-33-27(32)24-18(3)29-28-30(25(24)20-14-12-17(2)13-15-20)26(31)23(34-28)16-21-10-7-9-19-8-5-6-11-22(19)21/h5-16,25H,4H2,1-3H3/t25-/m0/s1. The molecule has 2 heterocycles. The van der Waals surface area contributed by atoms with E-state index in [0.29, 0.717) is 20.6 Å². The van der Waals surface area contributed by atoms with Gasteiger partial charge in [0.2, 0.25) is 0 Å². The number of hydrogen-bond donors (Lipinski definition) is 0. The molecule has 0 unspecified atom stereocenters. The largest absolute Gasteiger partial charge is 0.463 e.